The largest absolute Gasteiger partial charge is 0.416 e. The third-order valence-corrected chi connectivity index (χ3v) is 7.32. The number of alkyl halides is 3. The van der Waals surface area contributed by atoms with Crippen molar-refractivity contribution in [3.63, 3.8) is 0 Å². The first-order valence-corrected chi connectivity index (χ1v) is 13.2. The van der Waals surface area contributed by atoms with E-state index in [4.69, 9.17) is 0 Å². The summed E-state index contributed by atoms with van der Waals surface area (Å²) in [5.41, 5.74) is 3.11. The number of fused-ring (bicyclic) bond motifs is 1. The van der Waals surface area contributed by atoms with Gasteiger partial charge in [-0.15, -0.1) is 0 Å². The van der Waals surface area contributed by atoms with Crippen LogP contribution in [-0.2, 0) is 30.2 Å². The van der Waals surface area contributed by atoms with Crippen LogP contribution < -0.4 is 10.6 Å². The molecule has 0 saturated heterocycles. The molecule has 2 aromatic carbocycles. The van der Waals surface area contributed by atoms with Gasteiger partial charge in [0.15, 0.2) is 0 Å². The van der Waals surface area contributed by atoms with Crippen LogP contribution in [0, 0.1) is 11.8 Å². The Morgan fingerprint density at radius 3 is 2.19 bits per heavy atom. The van der Waals surface area contributed by atoms with E-state index in [0.29, 0.717) is 5.92 Å². The summed E-state index contributed by atoms with van der Waals surface area (Å²) in [5.74, 6) is 0.515. The zero-order chi connectivity index (χ0) is 26.1. The average molecular weight is 501 g/mol. The second-order valence-corrected chi connectivity index (χ2v) is 9.77. The Morgan fingerprint density at radius 2 is 1.61 bits per heavy atom. The zero-order valence-electron chi connectivity index (χ0n) is 21.6. The van der Waals surface area contributed by atoms with Crippen LogP contribution in [0.5, 0.6) is 0 Å². The van der Waals surface area contributed by atoms with Gasteiger partial charge in [0.05, 0.1) is 11.6 Å². The molecule has 2 aromatic rings. The van der Waals surface area contributed by atoms with Gasteiger partial charge < -0.3 is 10.6 Å². The van der Waals surface area contributed by atoms with Gasteiger partial charge in [-0.25, -0.2) is 0 Å². The van der Waals surface area contributed by atoms with Crippen molar-refractivity contribution >= 4 is 5.91 Å². The van der Waals surface area contributed by atoms with Crippen LogP contribution >= 0.6 is 0 Å². The van der Waals surface area contributed by atoms with Gasteiger partial charge in [0.25, 0.3) is 0 Å². The first kappa shape index (κ1) is 27.8. The summed E-state index contributed by atoms with van der Waals surface area (Å²) in [6.07, 6.45) is 2.49. The fourth-order valence-corrected chi connectivity index (χ4v) is 5.16. The predicted octanol–water partition coefficient (Wildman–Crippen LogP) is 6.86. The summed E-state index contributed by atoms with van der Waals surface area (Å²) in [4.78, 5) is 13.1. The molecule has 0 saturated carbocycles. The molecule has 196 valence electrons. The number of hydrogen-bond acceptors (Lipinski definition) is 2. The van der Waals surface area contributed by atoms with E-state index in [1.54, 1.807) is 6.07 Å². The van der Waals surface area contributed by atoms with Crippen molar-refractivity contribution in [2.24, 2.45) is 11.8 Å². The van der Waals surface area contributed by atoms with Gasteiger partial charge in [-0.3, -0.25) is 4.79 Å². The molecule has 0 bridgehead atoms. The minimum Gasteiger partial charge on any atom is -0.387 e. The van der Waals surface area contributed by atoms with E-state index >= 15 is 0 Å². The monoisotopic (exact) mass is 500 g/mol. The van der Waals surface area contributed by atoms with Crippen molar-refractivity contribution in [2.45, 2.75) is 77.9 Å². The average Bonchev–Trinajstić information content (AvgIpc) is 3.30. The number of carbonyl (C=O) groups excluding carboxylic acids is 1. The summed E-state index contributed by atoms with van der Waals surface area (Å²) < 4.78 is 40.2. The highest BCUT2D eigenvalue weighted by Gasteiger charge is 2.34. The van der Waals surface area contributed by atoms with E-state index < -0.39 is 11.7 Å². The molecular formula is C30H39F3N2O. The summed E-state index contributed by atoms with van der Waals surface area (Å²) in [6, 6.07) is 13.7. The Bertz CT molecular complexity index is 1000. The number of hydrogen-bond donors (Lipinski definition) is 2. The Balaban J connectivity index is 1.77. The number of halogens is 3. The van der Waals surface area contributed by atoms with E-state index in [2.05, 4.69) is 49.6 Å². The molecule has 0 aromatic heterocycles. The third kappa shape index (κ3) is 7.37. The van der Waals surface area contributed by atoms with Crippen LogP contribution in [-0.4, -0.2) is 18.5 Å². The van der Waals surface area contributed by atoms with Crippen molar-refractivity contribution in [3.8, 4) is 0 Å². The minimum atomic E-state index is -4.43. The third-order valence-electron chi connectivity index (χ3n) is 7.32. The van der Waals surface area contributed by atoms with Gasteiger partial charge in [0.1, 0.15) is 0 Å². The number of amides is 1. The van der Waals surface area contributed by atoms with Crippen LogP contribution in [0.2, 0.25) is 0 Å². The standard InChI is InChI=1S/C30H39F3N2O/c1-4-11-27(34-20-21(5-2)6-3)29(25-18-23-13-7-8-14-24(23)19-25)35-28(36)17-16-22-12-9-10-15-26(22)30(31,32)33/h7-15,21,25,29,34H,4-6,16-20H2,1-3H3,(H,35,36)/b27-11+. The predicted molar refractivity (Wildman–Crippen MR) is 139 cm³/mol. The topological polar surface area (TPSA) is 41.1 Å². The first-order chi connectivity index (χ1) is 17.3. The van der Waals surface area contributed by atoms with Crippen LogP contribution in [0.15, 0.2) is 60.3 Å². The summed E-state index contributed by atoms with van der Waals surface area (Å²) >= 11 is 0. The molecule has 1 aliphatic carbocycles. The highest BCUT2D eigenvalue weighted by atomic mass is 19.4. The summed E-state index contributed by atoms with van der Waals surface area (Å²) in [7, 11) is 0. The first-order valence-electron chi connectivity index (χ1n) is 13.2. The van der Waals surface area contributed by atoms with Crippen LogP contribution in [0.25, 0.3) is 0 Å². The zero-order valence-corrected chi connectivity index (χ0v) is 21.6. The fourth-order valence-electron chi connectivity index (χ4n) is 5.16. The van der Waals surface area contributed by atoms with Crippen molar-refractivity contribution in [3.05, 3.63) is 82.6 Å². The summed E-state index contributed by atoms with van der Waals surface area (Å²) in [5, 5.41) is 6.85. The lowest BCUT2D eigenvalue weighted by Crippen LogP contribution is -2.46. The van der Waals surface area contributed by atoms with Crippen LogP contribution in [0.1, 0.15) is 68.7 Å². The van der Waals surface area contributed by atoms with Gasteiger partial charge >= 0.3 is 6.18 Å². The molecule has 6 heteroatoms. The molecule has 0 heterocycles. The second-order valence-electron chi connectivity index (χ2n) is 9.77. The van der Waals surface area contributed by atoms with Gasteiger partial charge in [-0.1, -0.05) is 82.2 Å². The molecule has 0 spiro atoms. The van der Waals surface area contributed by atoms with E-state index in [0.717, 1.165) is 50.4 Å². The number of rotatable bonds is 12. The highest BCUT2D eigenvalue weighted by Crippen LogP contribution is 2.33. The van der Waals surface area contributed by atoms with Crippen molar-refractivity contribution in [1.29, 1.82) is 0 Å². The van der Waals surface area contributed by atoms with E-state index in [-0.39, 0.29) is 36.3 Å². The maximum absolute atomic E-state index is 13.4. The van der Waals surface area contributed by atoms with Crippen molar-refractivity contribution in [1.82, 2.24) is 10.6 Å². The molecule has 1 atom stereocenters. The molecule has 1 unspecified atom stereocenters. The second kappa shape index (κ2) is 13.0. The molecule has 0 fully saturated rings. The lowest BCUT2D eigenvalue weighted by molar-refractivity contribution is -0.138. The van der Waals surface area contributed by atoms with Crippen molar-refractivity contribution in [2.75, 3.05) is 6.54 Å². The Hall–Kier alpha value is -2.76. The number of aryl methyl sites for hydroxylation is 1. The quantitative estimate of drug-likeness (QED) is 0.334. The number of allylic oxidation sites excluding steroid dienone is 1. The molecule has 0 aliphatic heterocycles. The molecule has 36 heavy (non-hydrogen) atoms. The minimum absolute atomic E-state index is 0.00914. The number of nitrogens with one attached hydrogen (secondary N) is 2. The smallest absolute Gasteiger partial charge is 0.387 e. The Labute approximate surface area is 213 Å². The summed E-state index contributed by atoms with van der Waals surface area (Å²) in [6.45, 7) is 7.29. The van der Waals surface area contributed by atoms with Gasteiger partial charge in [-0.2, -0.15) is 13.2 Å². The maximum Gasteiger partial charge on any atom is 0.416 e. The molecule has 3 nitrogen and oxygen atoms in total. The van der Waals surface area contributed by atoms with Crippen LogP contribution in [0.4, 0.5) is 13.2 Å². The van der Waals surface area contributed by atoms with Gasteiger partial charge in [0.2, 0.25) is 5.91 Å². The normalized spacial score (nSPS) is 15.1. The van der Waals surface area contributed by atoms with Crippen molar-refractivity contribution < 1.29 is 18.0 Å². The SMILES string of the molecule is CC/C=C(/NCC(CC)CC)C(NC(=O)CCc1ccccc1C(F)(F)F)C1Cc2ccccc2C1. The van der Waals surface area contributed by atoms with Gasteiger partial charge in [0, 0.05) is 18.7 Å². The fraction of sp³-hybridized carbons (Fsp3) is 0.500. The molecule has 1 amide bonds. The van der Waals surface area contributed by atoms with E-state index in [1.807, 2.05) is 12.1 Å². The number of benzene rings is 2. The highest BCUT2D eigenvalue weighted by molar-refractivity contribution is 5.77. The molecular weight excluding hydrogens is 461 g/mol. The van der Waals surface area contributed by atoms with E-state index in [9.17, 15) is 18.0 Å². The van der Waals surface area contributed by atoms with Crippen LogP contribution in [0.3, 0.4) is 0 Å². The maximum atomic E-state index is 13.4. The molecule has 2 N–H and O–H groups in total. The lowest BCUT2D eigenvalue weighted by Gasteiger charge is -2.30. The van der Waals surface area contributed by atoms with Gasteiger partial charge in [-0.05, 0) is 60.3 Å². The number of carbonyl (C=O) groups is 1. The van der Waals surface area contributed by atoms with E-state index in [1.165, 1.54) is 23.3 Å². The lowest BCUT2D eigenvalue weighted by atomic mass is 9.92. The molecule has 3 rings (SSSR count). The Morgan fingerprint density at radius 1 is 1.00 bits per heavy atom. The molecule has 1 aliphatic rings. The molecule has 0 radical (unpaired) electrons. The Kier molecular flexibility index (Phi) is 10.0.